The second-order valence-corrected chi connectivity index (χ2v) is 8.78. The third-order valence-electron chi connectivity index (χ3n) is 5.19. The molecule has 8 nitrogen and oxygen atoms in total. The van der Waals surface area contributed by atoms with Crippen LogP contribution in [0, 0.1) is 0 Å². The zero-order chi connectivity index (χ0) is 20.1. The van der Waals surface area contributed by atoms with E-state index in [1.165, 1.54) is 0 Å². The number of halogens is 1. The summed E-state index contributed by atoms with van der Waals surface area (Å²) in [5, 5.41) is 0.356. The summed E-state index contributed by atoms with van der Waals surface area (Å²) in [7, 11) is 0. The molecule has 0 aliphatic carbocycles. The molecule has 2 saturated heterocycles. The molecular formula is C19H25ClN4O4. The predicted octanol–water partition coefficient (Wildman–Crippen LogP) is 2.99. The summed E-state index contributed by atoms with van der Waals surface area (Å²) < 4.78 is 14.2. The number of carbonyl (C=O) groups excluding carboxylic acids is 1. The summed E-state index contributed by atoms with van der Waals surface area (Å²) in [4.78, 5) is 31.7. The van der Waals surface area contributed by atoms with E-state index in [1.54, 1.807) is 20.1 Å². The molecule has 9 heteroatoms. The van der Waals surface area contributed by atoms with Crippen LogP contribution in [-0.2, 0) is 9.47 Å². The Morgan fingerprint density at radius 1 is 1.18 bits per heavy atom. The largest absolute Gasteiger partial charge is 0.444 e. The lowest BCUT2D eigenvalue weighted by molar-refractivity contribution is -0.0234. The van der Waals surface area contributed by atoms with E-state index < -0.39 is 5.60 Å². The van der Waals surface area contributed by atoms with Crippen molar-refractivity contribution in [2.24, 2.45) is 0 Å². The number of imidazole rings is 1. The Bertz CT molecular complexity index is 949. The Kier molecular flexibility index (Phi) is 4.87. The van der Waals surface area contributed by atoms with Gasteiger partial charge in [-0.3, -0.25) is 9.13 Å². The summed E-state index contributed by atoms with van der Waals surface area (Å²) in [6.45, 7) is 7.68. The van der Waals surface area contributed by atoms with Gasteiger partial charge in [0.1, 0.15) is 10.8 Å². The summed E-state index contributed by atoms with van der Waals surface area (Å²) in [6.07, 6.45) is 1.01. The van der Waals surface area contributed by atoms with Crippen molar-refractivity contribution in [1.29, 1.82) is 0 Å². The van der Waals surface area contributed by atoms with Crippen molar-refractivity contribution in [1.82, 2.24) is 19.0 Å². The molecule has 4 heterocycles. The van der Waals surface area contributed by atoms with Gasteiger partial charge in [0.2, 0.25) is 0 Å². The van der Waals surface area contributed by atoms with Crippen LogP contribution >= 0.6 is 11.6 Å². The van der Waals surface area contributed by atoms with Gasteiger partial charge in [0.15, 0.2) is 5.65 Å². The molecule has 2 fully saturated rings. The number of pyridine rings is 1. The first-order valence-corrected chi connectivity index (χ1v) is 9.97. The minimum absolute atomic E-state index is 0.0288. The van der Waals surface area contributed by atoms with Gasteiger partial charge in [-0.25, -0.2) is 14.6 Å². The van der Waals surface area contributed by atoms with E-state index in [2.05, 4.69) is 4.98 Å². The van der Waals surface area contributed by atoms with Crippen LogP contribution in [0.1, 0.15) is 45.7 Å². The number of likely N-dealkylation sites (tertiary alicyclic amines) is 1. The van der Waals surface area contributed by atoms with Gasteiger partial charge in [-0.2, -0.15) is 0 Å². The summed E-state index contributed by atoms with van der Waals surface area (Å²) in [5.74, 6) is 0. The maximum absolute atomic E-state index is 13.2. The molecule has 4 rings (SSSR count). The zero-order valence-electron chi connectivity index (χ0n) is 16.4. The third-order valence-corrected chi connectivity index (χ3v) is 5.40. The molecule has 0 atom stereocenters. The fourth-order valence-electron chi connectivity index (χ4n) is 3.78. The Morgan fingerprint density at radius 3 is 2.43 bits per heavy atom. The van der Waals surface area contributed by atoms with Crippen LogP contribution < -0.4 is 5.69 Å². The minimum atomic E-state index is -0.524. The van der Waals surface area contributed by atoms with E-state index in [-0.39, 0.29) is 23.9 Å². The number of hydrogen-bond donors (Lipinski definition) is 0. The van der Waals surface area contributed by atoms with Crippen molar-refractivity contribution < 1.29 is 14.3 Å². The smallest absolute Gasteiger partial charge is 0.410 e. The SMILES string of the molecule is CC(C)(C)OC(=O)N1CCC(n2c(=O)n(C3COC3)c3ccc(Cl)nc32)CC1. The number of ether oxygens (including phenoxy) is 2. The Hall–Kier alpha value is -2.06. The number of carbonyl (C=O) groups is 1. The van der Waals surface area contributed by atoms with Gasteiger partial charge in [0, 0.05) is 19.1 Å². The van der Waals surface area contributed by atoms with Gasteiger partial charge < -0.3 is 14.4 Å². The number of nitrogens with zero attached hydrogens (tertiary/aromatic N) is 4. The fourth-order valence-corrected chi connectivity index (χ4v) is 3.92. The summed E-state index contributed by atoms with van der Waals surface area (Å²) in [5.41, 5.74) is 0.759. The number of amides is 1. The summed E-state index contributed by atoms with van der Waals surface area (Å²) in [6, 6.07) is 3.54. The first-order chi connectivity index (χ1) is 13.2. The van der Waals surface area contributed by atoms with E-state index in [9.17, 15) is 9.59 Å². The molecule has 152 valence electrons. The molecule has 0 aromatic carbocycles. The van der Waals surface area contributed by atoms with Crippen molar-refractivity contribution >= 4 is 28.9 Å². The molecular weight excluding hydrogens is 384 g/mol. The van der Waals surface area contributed by atoms with Crippen molar-refractivity contribution in [2.75, 3.05) is 26.3 Å². The second-order valence-electron chi connectivity index (χ2n) is 8.39. The Labute approximate surface area is 168 Å². The van der Waals surface area contributed by atoms with Crippen molar-refractivity contribution in [3.05, 3.63) is 27.8 Å². The molecule has 0 radical (unpaired) electrons. The zero-order valence-corrected chi connectivity index (χ0v) is 17.1. The van der Waals surface area contributed by atoms with E-state index in [0.29, 0.717) is 49.9 Å². The predicted molar refractivity (Wildman–Crippen MR) is 105 cm³/mol. The van der Waals surface area contributed by atoms with Gasteiger partial charge in [-0.1, -0.05) is 11.6 Å². The average molecular weight is 409 g/mol. The van der Waals surface area contributed by atoms with E-state index in [0.717, 1.165) is 5.52 Å². The van der Waals surface area contributed by atoms with Gasteiger partial charge in [-0.05, 0) is 45.7 Å². The standard InChI is InChI=1S/C19H25ClN4O4/c1-19(2,3)28-18(26)22-8-6-12(7-9-22)24-16-14(4-5-15(20)21-16)23(17(24)25)13-10-27-11-13/h4-5,12-13H,6-11H2,1-3H3. The van der Waals surface area contributed by atoms with E-state index in [4.69, 9.17) is 21.1 Å². The van der Waals surface area contributed by atoms with Gasteiger partial charge in [0.05, 0.1) is 24.8 Å². The molecule has 28 heavy (non-hydrogen) atoms. The van der Waals surface area contributed by atoms with Gasteiger partial charge >= 0.3 is 11.8 Å². The normalized spacial score (nSPS) is 19.1. The highest BCUT2D eigenvalue weighted by atomic mass is 35.5. The molecule has 0 bridgehead atoms. The van der Waals surface area contributed by atoms with Crippen LogP contribution in [0.25, 0.3) is 11.2 Å². The number of hydrogen-bond acceptors (Lipinski definition) is 5. The van der Waals surface area contributed by atoms with Crippen LogP contribution in [0.3, 0.4) is 0 Å². The monoisotopic (exact) mass is 408 g/mol. The Morgan fingerprint density at radius 2 is 1.86 bits per heavy atom. The third kappa shape index (κ3) is 3.51. The maximum atomic E-state index is 13.2. The maximum Gasteiger partial charge on any atom is 0.410 e. The molecule has 1 amide bonds. The average Bonchev–Trinajstić information content (AvgIpc) is 2.84. The number of piperidine rings is 1. The van der Waals surface area contributed by atoms with Crippen molar-refractivity contribution in [3.8, 4) is 0 Å². The lowest BCUT2D eigenvalue weighted by Gasteiger charge is -2.33. The molecule has 0 saturated carbocycles. The first kappa shape index (κ1) is 19.3. The van der Waals surface area contributed by atoms with Crippen molar-refractivity contribution in [3.63, 3.8) is 0 Å². The molecule has 0 spiro atoms. The van der Waals surface area contributed by atoms with Crippen molar-refractivity contribution in [2.45, 2.75) is 51.3 Å². The lowest BCUT2D eigenvalue weighted by atomic mass is 10.1. The van der Waals surface area contributed by atoms with Crippen LogP contribution in [0.4, 0.5) is 4.79 Å². The molecule has 0 N–H and O–H groups in total. The molecule has 0 unspecified atom stereocenters. The summed E-state index contributed by atoms with van der Waals surface area (Å²) >= 11 is 6.11. The van der Waals surface area contributed by atoms with Crippen LogP contribution in [0.2, 0.25) is 5.15 Å². The highest BCUT2D eigenvalue weighted by Crippen LogP contribution is 2.29. The van der Waals surface area contributed by atoms with Crippen LogP contribution in [0.5, 0.6) is 0 Å². The second kappa shape index (κ2) is 7.08. The number of aromatic nitrogens is 3. The molecule has 2 aromatic heterocycles. The fraction of sp³-hybridized carbons (Fsp3) is 0.632. The number of rotatable bonds is 2. The quantitative estimate of drug-likeness (QED) is 0.714. The number of fused-ring (bicyclic) bond motifs is 1. The highest BCUT2D eigenvalue weighted by molar-refractivity contribution is 6.29. The minimum Gasteiger partial charge on any atom is -0.444 e. The van der Waals surface area contributed by atoms with E-state index in [1.807, 2.05) is 26.8 Å². The topological polar surface area (TPSA) is 78.6 Å². The van der Waals surface area contributed by atoms with Crippen LogP contribution in [-0.4, -0.2) is 57.0 Å². The highest BCUT2D eigenvalue weighted by Gasteiger charge is 2.32. The molecule has 2 aliphatic rings. The van der Waals surface area contributed by atoms with Crippen LogP contribution in [0.15, 0.2) is 16.9 Å². The van der Waals surface area contributed by atoms with Gasteiger partial charge in [-0.15, -0.1) is 0 Å². The molecule has 2 aliphatic heterocycles. The molecule has 2 aromatic rings. The van der Waals surface area contributed by atoms with Gasteiger partial charge in [0.25, 0.3) is 0 Å². The first-order valence-electron chi connectivity index (χ1n) is 9.59. The lowest BCUT2D eigenvalue weighted by Crippen LogP contribution is -2.44. The Balaban J connectivity index is 1.60. The van der Waals surface area contributed by atoms with E-state index >= 15 is 0 Å².